The lowest BCUT2D eigenvalue weighted by Gasteiger charge is -2.19. The van der Waals surface area contributed by atoms with Gasteiger partial charge in [-0.2, -0.15) is 0 Å². The van der Waals surface area contributed by atoms with E-state index in [9.17, 15) is 9.59 Å². The van der Waals surface area contributed by atoms with E-state index in [0.29, 0.717) is 11.5 Å². The van der Waals surface area contributed by atoms with Gasteiger partial charge in [-0.15, -0.1) is 0 Å². The number of carbonyl (C=O) groups excluding carboxylic acids is 2. The highest BCUT2D eigenvalue weighted by molar-refractivity contribution is 5.86. The van der Waals surface area contributed by atoms with Gasteiger partial charge in [-0.25, -0.2) is 0 Å². The zero-order valence-corrected chi connectivity index (χ0v) is 15.2. The molecule has 6 heteroatoms. The van der Waals surface area contributed by atoms with Gasteiger partial charge in [-0.3, -0.25) is 9.59 Å². The van der Waals surface area contributed by atoms with Gasteiger partial charge >= 0.3 is 0 Å². The van der Waals surface area contributed by atoms with Crippen LogP contribution < -0.4 is 20.5 Å². The van der Waals surface area contributed by atoms with Gasteiger partial charge in [0, 0.05) is 0 Å². The maximum Gasteiger partial charge on any atom is 0.280 e. The molecule has 3 N–H and O–H groups in total. The van der Waals surface area contributed by atoms with Crippen LogP contribution >= 0.6 is 0 Å². The lowest BCUT2D eigenvalue weighted by Crippen LogP contribution is -2.49. The predicted molar refractivity (Wildman–Crippen MR) is 98.8 cm³/mol. The van der Waals surface area contributed by atoms with Crippen LogP contribution in [0.5, 0.6) is 11.5 Å². The summed E-state index contributed by atoms with van der Waals surface area (Å²) in [7, 11) is 0. The molecule has 0 saturated carbocycles. The van der Waals surface area contributed by atoms with Gasteiger partial charge in [-0.05, 0) is 35.2 Å². The molecule has 2 amide bonds. The van der Waals surface area contributed by atoms with Gasteiger partial charge in [0.05, 0.1) is 0 Å². The number of ether oxygens (including phenoxy) is 2. The number of hydrogen-bond donors (Lipinski definition) is 2. The highest BCUT2D eigenvalue weighted by Gasteiger charge is 2.20. The first-order chi connectivity index (χ1) is 12.3. The summed E-state index contributed by atoms with van der Waals surface area (Å²) in [6.45, 7) is 6.10. The molecular formula is C20H24N2O4. The van der Waals surface area contributed by atoms with Crippen molar-refractivity contribution in [3.05, 3.63) is 60.2 Å². The first-order valence-electron chi connectivity index (χ1n) is 8.29. The Hall–Kier alpha value is -3.02. The van der Waals surface area contributed by atoms with Crippen molar-refractivity contribution in [3.63, 3.8) is 0 Å². The number of amides is 2. The smallest absolute Gasteiger partial charge is 0.280 e. The van der Waals surface area contributed by atoms with Gasteiger partial charge in [0.15, 0.2) is 6.61 Å². The molecule has 26 heavy (non-hydrogen) atoms. The monoisotopic (exact) mass is 356 g/mol. The van der Waals surface area contributed by atoms with E-state index in [1.165, 1.54) is 5.56 Å². The Bertz CT molecular complexity index is 737. The van der Waals surface area contributed by atoms with Crippen molar-refractivity contribution in [1.82, 2.24) is 5.32 Å². The quantitative estimate of drug-likeness (QED) is 0.745. The summed E-state index contributed by atoms with van der Waals surface area (Å²) < 4.78 is 10.8. The van der Waals surface area contributed by atoms with E-state index in [1.807, 2.05) is 18.2 Å². The summed E-state index contributed by atoms with van der Waals surface area (Å²) in [6.07, 6.45) is -1.27. The molecule has 0 bridgehead atoms. The number of para-hydroxylation sites is 1. The van der Waals surface area contributed by atoms with Crippen LogP contribution in [0.3, 0.4) is 0 Å². The summed E-state index contributed by atoms with van der Waals surface area (Å²) in [4.78, 5) is 23.5. The second kappa shape index (κ2) is 8.38. The summed E-state index contributed by atoms with van der Waals surface area (Å²) in [5.74, 6) is -0.315. The number of hydrogen-bond acceptors (Lipinski definition) is 4. The third kappa shape index (κ3) is 5.81. The van der Waals surface area contributed by atoms with Crippen LogP contribution in [-0.4, -0.2) is 24.6 Å². The molecule has 0 aliphatic heterocycles. The zero-order chi connectivity index (χ0) is 19.2. The van der Waals surface area contributed by atoms with Crippen molar-refractivity contribution in [2.75, 3.05) is 6.61 Å². The minimum atomic E-state index is -1.27. The largest absolute Gasteiger partial charge is 0.484 e. The molecule has 2 aromatic rings. The highest BCUT2D eigenvalue weighted by Crippen LogP contribution is 2.24. The van der Waals surface area contributed by atoms with Gasteiger partial charge in [0.2, 0.25) is 0 Å². The molecule has 1 unspecified atom stereocenters. The highest BCUT2D eigenvalue weighted by atomic mass is 16.5. The Kier molecular flexibility index (Phi) is 6.22. The molecule has 0 aliphatic rings. The molecule has 2 aromatic carbocycles. The van der Waals surface area contributed by atoms with Gasteiger partial charge in [-0.1, -0.05) is 51.1 Å². The number of rotatable bonds is 7. The van der Waals surface area contributed by atoms with Crippen molar-refractivity contribution in [1.29, 1.82) is 0 Å². The zero-order valence-electron chi connectivity index (χ0n) is 15.2. The van der Waals surface area contributed by atoms with E-state index in [1.54, 1.807) is 36.4 Å². The molecule has 0 fully saturated rings. The van der Waals surface area contributed by atoms with Gasteiger partial charge in [0.1, 0.15) is 11.5 Å². The van der Waals surface area contributed by atoms with Crippen molar-refractivity contribution in [2.24, 2.45) is 5.73 Å². The van der Waals surface area contributed by atoms with E-state index >= 15 is 0 Å². The molecule has 0 heterocycles. The van der Waals surface area contributed by atoms with Crippen LogP contribution in [0, 0.1) is 0 Å². The summed E-state index contributed by atoms with van der Waals surface area (Å²) in [5, 5.41) is 2.41. The molecular weight excluding hydrogens is 332 g/mol. The van der Waals surface area contributed by atoms with E-state index in [-0.39, 0.29) is 12.0 Å². The summed E-state index contributed by atoms with van der Waals surface area (Å²) >= 11 is 0. The van der Waals surface area contributed by atoms with Gasteiger partial charge < -0.3 is 20.5 Å². The number of benzene rings is 2. The fourth-order valence-electron chi connectivity index (χ4n) is 2.18. The minimum Gasteiger partial charge on any atom is -0.484 e. The molecule has 138 valence electrons. The van der Waals surface area contributed by atoms with Crippen LogP contribution in [0.4, 0.5) is 0 Å². The van der Waals surface area contributed by atoms with E-state index in [2.05, 4.69) is 26.1 Å². The number of carbonyl (C=O) groups is 2. The van der Waals surface area contributed by atoms with E-state index < -0.39 is 18.0 Å². The Morgan fingerprint density at radius 3 is 2.15 bits per heavy atom. The number of nitrogens with two attached hydrogens (primary N) is 1. The molecule has 0 saturated heterocycles. The van der Waals surface area contributed by atoms with Crippen molar-refractivity contribution < 1.29 is 19.1 Å². The summed E-state index contributed by atoms with van der Waals surface area (Å²) in [6, 6.07) is 16.2. The Balaban J connectivity index is 1.89. The molecule has 0 radical (unpaired) electrons. The average molecular weight is 356 g/mol. The Morgan fingerprint density at radius 2 is 1.62 bits per heavy atom. The topological polar surface area (TPSA) is 90.7 Å². The van der Waals surface area contributed by atoms with Gasteiger partial charge in [0.25, 0.3) is 18.0 Å². The molecule has 1 atom stereocenters. The van der Waals surface area contributed by atoms with E-state index in [4.69, 9.17) is 15.2 Å². The SMILES string of the molecule is CC(C)(C)c1ccc(OCC(=O)NC(Oc2ccccc2)C(N)=O)cc1. The predicted octanol–water partition coefficient (Wildman–Crippen LogP) is 2.37. The normalized spacial score (nSPS) is 12.1. The minimum absolute atomic E-state index is 0.0411. The van der Waals surface area contributed by atoms with Crippen molar-refractivity contribution in [2.45, 2.75) is 32.4 Å². The molecule has 0 spiro atoms. The van der Waals surface area contributed by atoms with Crippen molar-refractivity contribution in [3.8, 4) is 11.5 Å². The van der Waals surface area contributed by atoms with Crippen LogP contribution in [0.2, 0.25) is 0 Å². The maximum absolute atomic E-state index is 12.0. The Morgan fingerprint density at radius 1 is 1.00 bits per heavy atom. The fraction of sp³-hybridized carbons (Fsp3) is 0.300. The average Bonchev–Trinajstić information content (AvgIpc) is 2.60. The second-order valence-corrected chi connectivity index (χ2v) is 6.84. The van der Waals surface area contributed by atoms with Crippen molar-refractivity contribution >= 4 is 11.8 Å². The molecule has 0 aromatic heterocycles. The van der Waals surface area contributed by atoms with Crippen LogP contribution in [-0.2, 0) is 15.0 Å². The third-order valence-corrected chi connectivity index (χ3v) is 3.64. The standard InChI is InChI=1S/C20H24N2O4/c1-20(2,3)14-9-11-15(12-10-14)25-13-17(23)22-19(18(21)24)26-16-7-5-4-6-8-16/h4-12,19H,13H2,1-3H3,(H2,21,24)(H,22,23). The number of nitrogens with one attached hydrogen (secondary N) is 1. The maximum atomic E-state index is 12.0. The molecule has 6 nitrogen and oxygen atoms in total. The summed E-state index contributed by atoms with van der Waals surface area (Å²) in [5.41, 5.74) is 6.49. The Labute approximate surface area is 153 Å². The number of primary amides is 1. The molecule has 2 rings (SSSR count). The fourth-order valence-corrected chi connectivity index (χ4v) is 2.18. The van der Waals surface area contributed by atoms with Crippen LogP contribution in [0.1, 0.15) is 26.3 Å². The van der Waals surface area contributed by atoms with Crippen LogP contribution in [0.25, 0.3) is 0 Å². The third-order valence-electron chi connectivity index (χ3n) is 3.64. The second-order valence-electron chi connectivity index (χ2n) is 6.84. The molecule has 0 aliphatic carbocycles. The first kappa shape index (κ1) is 19.3. The lowest BCUT2D eigenvalue weighted by molar-refractivity contribution is -0.134. The van der Waals surface area contributed by atoms with Crippen LogP contribution in [0.15, 0.2) is 54.6 Å². The first-order valence-corrected chi connectivity index (χ1v) is 8.29. The van der Waals surface area contributed by atoms with E-state index in [0.717, 1.165) is 0 Å². The lowest BCUT2D eigenvalue weighted by atomic mass is 9.87.